The van der Waals surface area contributed by atoms with Crippen LogP contribution < -0.4 is 5.32 Å². The van der Waals surface area contributed by atoms with Crippen molar-refractivity contribution in [2.24, 2.45) is 0 Å². The molecule has 0 atom stereocenters. The van der Waals surface area contributed by atoms with Crippen molar-refractivity contribution in [1.82, 2.24) is 5.32 Å². The van der Waals surface area contributed by atoms with E-state index in [1.165, 1.54) is 24.8 Å². The number of unbranched alkanes of at least 4 members (excludes halogenated alkanes) is 1. The first kappa shape index (κ1) is 10.7. The third-order valence-electron chi connectivity index (χ3n) is 2.81. The Labute approximate surface area is 91.6 Å². The van der Waals surface area contributed by atoms with Crippen LogP contribution in [0.1, 0.15) is 18.4 Å². The smallest absolute Gasteiger partial charge is 0.0643 e. The highest BCUT2D eigenvalue weighted by Gasteiger charge is 2.16. The van der Waals surface area contributed by atoms with Gasteiger partial charge in [0.2, 0.25) is 0 Å². The van der Waals surface area contributed by atoms with Gasteiger partial charge in [0.1, 0.15) is 0 Å². The van der Waals surface area contributed by atoms with Crippen LogP contribution in [-0.4, -0.2) is 25.8 Å². The Balaban J connectivity index is 1.51. The molecule has 1 fully saturated rings. The third kappa shape index (κ3) is 3.65. The van der Waals surface area contributed by atoms with Gasteiger partial charge in [0.15, 0.2) is 0 Å². The van der Waals surface area contributed by atoms with E-state index in [4.69, 9.17) is 4.74 Å². The van der Waals surface area contributed by atoms with E-state index in [0.29, 0.717) is 6.04 Å². The molecule has 0 radical (unpaired) electrons. The standard InChI is InChI=1S/C13H19NO/c1-2-6-12(7-3-1)8-4-5-9-14-13-10-15-11-13/h1-3,6-7,13-14H,4-5,8-11H2. The number of rotatable bonds is 6. The fraction of sp³-hybridized carbons (Fsp3) is 0.538. The van der Waals surface area contributed by atoms with Crippen molar-refractivity contribution in [3.63, 3.8) is 0 Å². The predicted molar refractivity (Wildman–Crippen MR) is 62.0 cm³/mol. The molecular formula is C13H19NO. The monoisotopic (exact) mass is 205 g/mol. The molecule has 2 nitrogen and oxygen atoms in total. The summed E-state index contributed by atoms with van der Waals surface area (Å²) in [4.78, 5) is 0. The summed E-state index contributed by atoms with van der Waals surface area (Å²) >= 11 is 0. The molecule has 1 N–H and O–H groups in total. The Hall–Kier alpha value is -0.860. The van der Waals surface area contributed by atoms with Crippen LogP contribution in [0.5, 0.6) is 0 Å². The van der Waals surface area contributed by atoms with Gasteiger partial charge in [-0.25, -0.2) is 0 Å². The number of ether oxygens (including phenoxy) is 1. The van der Waals surface area contributed by atoms with Crippen LogP contribution in [0, 0.1) is 0 Å². The zero-order valence-electron chi connectivity index (χ0n) is 9.11. The van der Waals surface area contributed by atoms with E-state index in [1.807, 2.05) is 0 Å². The Bertz CT molecular complexity index is 269. The zero-order chi connectivity index (χ0) is 10.3. The number of hydrogen-bond acceptors (Lipinski definition) is 2. The fourth-order valence-corrected chi connectivity index (χ4v) is 1.76. The van der Waals surface area contributed by atoms with Gasteiger partial charge in [-0.2, -0.15) is 0 Å². The van der Waals surface area contributed by atoms with Gasteiger partial charge >= 0.3 is 0 Å². The topological polar surface area (TPSA) is 21.3 Å². The van der Waals surface area contributed by atoms with Crippen molar-refractivity contribution >= 4 is 0 Å². The summed E-state index contributed by atoms with van der Waals surface area (Å²) in [6.45, 7) is 2.93. The van der Waals surface area contributed by atoms with Crippen LogP contribution in [0.15, 0.2) is 30.3 Å². The van der Waals surface area contributed by atoms with Gasteiger partial charge in [-0.05, 0) is 31.4 Å². The number of aryl methyl sites for hydroxylation is 1. The van der Waals surface area contributed by atoms with Crippen LogP contribution in [-0.2, 0) is 11.2 Å². The van der Waals surface area contributed by atoms with Crippen LogP contribution in [0.4, 0.5) is 0 Å². The van der Waals surface area contributed by atoms with Gasteiger partial charge in [0.05, 0.1) is 19.3 Å². The maximum atomic E-state index is 5.10. The largest absolute Gasteiger partial charge is 0.378 e. The van der Waals surface area contributed by atoms with E-state index in [1.54, 1.807) is 0 Å². The van der Waals surface area contributed by atoms with Crippen molar-refractivity contribution in [1.29, 1.82) is 0 Å². The number of benzene rings is 1. The van der Waals surface area contributed by atoms with Crippen molar-refractivity contribution in [3.05, 3.63) is 35.9 Å². The maximum Gasteiger partial charge on any atom is 0.0643 e. The first-order chi connectivity index (χ1) is 7.45. The molecule has 0 aromatic heterocycles. The van der Waals surface area contributed by atoms with Gasteiger partial charge in [-0.3, -0.25) is 0 Å². The van der Waals surface area contributed by atoms with Crippen LogP contribution in [0.2, 0.25) is 0 Å². The lowest BCUT2D eigenvalue weighted by Crippen LogP contribution is -2.46. The minimum atomic E-state index is 0.627. The summed E-state index contributed by atoms with van der Waals surface area (Å²) in [6, 6.07) is 11.3. The minimum absolute atomic E-state index is 0.627. The van der Waals surface area contributed by atoms with E-state index in [-0.39, 0.29) is 0 Å². The average molecular weight is 205 g/mol. The molecule has 1 aromatic rings. The highest BCUT2D eigenvalue weighted by molar-refractivity contribution is 5.14. The number of hydrogen-bond donors (Lipinski definition) is 1. The molecule has 82 valence electrons. The highest BCUT2D eigenvalue weighted by atomic mass is 16.5. The molecule has 1 saturated heterocycles. The predicted octanol–water partition coefficient (Wildman–Crippen LogP) is 2.00. The molecule has 0 bridgehead atoms. The summed E-state index contributed by atoms with van der Waals surface area (Å²) in [5, 5.41) is 3.48. The molecular weight excluding hydrogens is 186 g/mol. The third-order valence-corrected chi connectivity index (χ3v) is 2.81. The van der Waals surface area contributed by atoms with E-state index in [0.717, 1.165) is 19.8 Å². The Morgan fingerprint density at radius 1 is 1.13 bits per heavy atom. The maximum absolute atomic E-state index is 5.10. The van der Waals surface area contributed by atoms with Gasteiger partial charge in [-0.15, -0.1) is 0 Å². The van der Waals surface area contributed by atoms with E-state index in [9.17, 15) is 0 Å². The zero-order valence-corrected chi connectivity index (χ0v) is 9.11. The Morgan fingerprint density at radius 2 is 1.93 bits per heavy atom. The van der Waals surface area contributed by atoms with Crippen LogP contribution in [0.25, 0.3) is 0 Å². The van der Waals surface area contributed by atoms with Gasteiger partial charge < -0.3 is 10.1 Å². The minimum Gasteiger partial charge on any atom is -0.378 e. The fourth-order valence-electron chi connectivity index (χ4n) is 1.76. The van der Waals surface area contributed by atoms with Crippen molar-refractivity contribution in [2.75, 3.05) is 19.8 Å². The first-order valence-electron chi connectivity index (χ1n) is 5.80. The van der Waals surface area contributed by atoms with Gasteiger partial charge in [0, 0.05) is 0 Å². The summed E-state index contributed by atoms with van der Waals surface area (Å²) < 4.78 is 5.10. The molecule has 15 heavy (non-hydrogen) atoms. The van der Waals surface area contributed by atoms with Gasteiger partial charge in [-0.1, -0.05) is 30.3 Å². The second-order valence-corrected chi connectivity index (χ2v) is 4.13. The molecule has 0 spiro atoms. The summed E-state index contributed by atoms with van der Waals surface area (Å²) in [6.07, 6.45) is 3.72. The van der Waals surface area contributed by atoms with E-state index < -0.39 is 0 Å². The summed E-state index contributed by atoms with van der Waals surface area (Å²) in [7, 11) is 0. The van der Waals surface area contributed by atoms with Crippen LogP contribution >= 0.6 is 0 Å². The Kier molecular flexibility index (Phi) is 4.18. The van der Waals surface area contributed by atoms with E-state index >= 15 is 0 Å². The van der Waals surface area contributed by atoms with Crippen molar-refractivity contribution in [2.45, 2.75) is 25.3 Å². The second kappa shape index (κ2) is 5.89. The van der Waals surface area contributed by atoms with Gasteiger partial charge in [0.25, 0.3) is 0 Å². The van der Waals surface area contributed by atoms with Crippen molar-refractivity contribution < 1.29 is 4.74 Å². The highest BCUT2D eigenvalue weighted by Crippen LogP contribution is 2.04. The lowest BCUT2D eigenvalue weighted by atomic mass is 10.1. The molecule has 2 rings (SSSR count). The average Bonchev–Trinajstić information content (AvgIpc) is 2.22. The number of nitrogens with one attached hydrogen (secondary N) is 1. The Morgan fingerprint density at radius 3 is 2.60 bits per heavy atom. The molecule has 2 heteroatoms. The molecule has 0 saturated carbocycles. The molecule has 1 aliphatic rings. The lowest BCUT2D eigenvalue weighted by molar-refractivity contribution is -0.00495. The van der Waals surface area contributed by atoms with Crippen molar-refractivity contribution in [3.8, 4) is 0 Å². The molecule has 0 aliphatic carbocycles. The first-order valence-corrected chi connectivity index (χ1v) is 5.80. The summed E-state index contributed by atoms with van der Waals surface area (Å²) in [5.41, 5.74) is 1.45. The molecule has 0 amide bonds. The van der Waals surface area contributed by atoms with Crippen LogP contribution in [0.3, 0.4) is 0 Å². The quantitative estimate of drug-likeness (QED) is 0.717. The molecule has 1 aliphatic heterocycles. The molecule has 1 aromatic carbocycles. The SMILES string of the molecule is c1ccc(CCCCNC2COC2)cc1. The summed E-state index contributed by atoms with van der Waals surface area (Å²) in [5.74, 6) is 0. The normalized spacial score (nSPS) is 16.3. The molecule has 1 heterocycles. The second-order valence-electron chi connectivity index (χ2n) is 4.13. The lowest BCUT2D eigenvalue weighted by Gasteiger charge is -2.26. The molecule has 0 unspecified atom stereocenters. The van der Waals surface area contributed by atoms with E-state index in [2.05, 4.69) is 35.6 Å².